The molecule has 66 valence electrons. The molecule has 0 saturated carbocycles. The maximum atomic E-state index is 10.9. The number of nitrogens with zero attached hydrogens (tertiary/aromatic N) is 2. The molecule has 0 unspecified atom stereocenters. The molecule has 0 fully saturated rings. The third-order valence-electron chi connectivity index (χ3n) is 1.09. The van der Waals surface area contributed by atoms with Crippen molar-refractivity contribution in [2.24, 2.45) is 0 Å². The van der Waals surface area contributed by atoms with E-state index >= 15 is 0 Å². The molecule has 0 atom stereocenters. The van der Waals surface area contributed by atoms with Gasteiger partial charge >= 0.3 is 0 Å². The van der Waals surface area contributed by atoms with Crippen LogP contribution in [0.25, 0.3) is 0 Å². The van der Waals surface area contributed by atoms with Gasteiger partial charge in [-0.05, 0) is 0 Å². The second kappa shape index (κ2) is 3.83. The molecule has 0 aliphatic rings. The molecule has 0 aromatic carbocycles. The van der Waals surface area contributed by atoms with Gasteiger partial charge in [-0.3, -0.25) is 9.97 Å². The van der Waals surface area contributed by atoms with Crippen molar-refractivity contribution in [3.8, 4) is 0 Å². The van der Waals surface area contributed by atoms with Crippen molar-refractivity contribution in [2.45, 2.75) is 5.75 Å². The Morgan fingerprint density at radius 1 is 1.50 bits per heavy atom. The summed E-state index contributed by atoms with van der Waals surface area (Å²) < 4.78 is 23.7. The molecule has 1 N–H and O–H groups in total. The monoisotopic (exact) mass is 205 g/mol. The van der Waals surface area contributed by atoms with E-state index in [2.05, 4.69) is 22.8 Å². The van der Waals surface area contributed by atoms with Crippen molar-refractivity contribution in [2.75, 3.05) is 0 Å². The molecule has 5 nitrogen and oxygen atoms in total. The summed E-state index contributed by atoms with van der Waals surface area (Å²) in [6.45, 7) is 0. The summed E-state index contributed by atoms with van der Waals surface area (Å²) in [6, 6.07) is 0. The number of nitrogens with one attached hydrogen (secondary N) is 1. The fraction of sp³-hybridized carbons (Fsp3) is 0.200. The van der Waals surface area contributed by atoms with Crippen LogP contribution in [-0.2, 0) is 15.8 Å². The van der Waals surface area contributed by atoms with Crippen LogP contribution in [0.2, 0.25) is 0 Å². The summed E-state index contributed by atoms with van der Waals surface area (Å²) >= 11 is 3.45. The standard InChI is InChI=1S/C5H7N3O2S2/c9-12(10,8-11)4-5-3-6-1-2-7-5/h1-3,8,11H,4H2. The molecule has 0 spiro atoms. The van der Waals surface area contributed by atoms with Crippen molar-refractivity contribution < 1.29 is 8.42 Å². The predicted molar refractivity (Wildman–Crippen MR) is 46.8 cm³/mol. The van der Waals surface area contributed by atoms with Crippen molar-refractivity contribution in [3.63, 3.8) is 0 Å². The zero-order valence-corrected chi connectivity index (χ0v) is 7.72. The van der Waals surface area contributed by atoms with Crippen LogP contribution < -0.4 is 4.13 Å². The minimum Gasteiger partial charge on any atom is -0.261 e. The van der Waals surface area contributed by atoms with E-state index in [-0.39, 0.29) is 5.75 Å². The fourth-order valence-electron chi connectivity index (χ4n) is 0.631. The molecule has 0 aliphatic carbocycles. The number of hydrogen-bond donors (Lipinski definition) is 2. The summed E-state index contributed by atoms with van der Waals surface area (Å²) in [7, 11) is -3.36. The second-order valence-corrected chi connectivity index (χ2v) is 4.30. The van der Waals surface area contributed by atoms with Gasteiger partial charge in [0.2, 0.25) is 10.0 Å². The quantitative estimate of drug-likeness (QED) is 0.667. The third-order valence-corrected chi connectivity index (χ3v) is 2.88. The van der Waals surface area contributed by atoms with Crippen LogP contribution in [0.3, 0.4) is 0 Å². The Balaban J connectivity index is 2.78. The fourth-order valence-corrected chi connectivity index (χ4v) is 1.43. The molecule has 1 heterocycles. The van der Waals surface area contributed by atoms with Crippen LogP contribution in [0.5, 0.6) is 0 Å². The van der Waals surface area contributed by atoms with E-state index in [9.17, 15) is 8.42 Å². The number of rotatable bonds is 3. The Morgan fingerprint density at radius 3 is 2.75 bits per heavy atom. The van der Waals surface area contributed by atoms with Crippen LogP contribution >= 0.6 is 12.8 Å². The zero-order valence-electron chi connectivity index (χ0n) is 6.01. The SMILES string of the molecule is O=S(=O)(Cc1cnccn1)NS. The average molecular weight is 205 g/mol. The Hall–Kier alpha value is -0.660. The number of sulfonamides is 1. The summed E-state index contributed by atoms with van der Waals surface area (Å²) in [6.07, 6.45) is 4.30. The number of aromatic nitrogens is 2. The number of thiol groups is 1. The topological polar surface area (TPSA) is 72.0 Å². The lowest BCUT2D eigenvalue weighted by Gasteiger charge is -1.98. The van der Waals surface area contributed by atoms with Crippen LogP contribution in [0, 0.1) is 0 Å². The minimum absolute atomic E-state index is 0.204. The van der Waals surface area contributed by atoms with Crippen LogP contribution in [0.4, 0.5) is 0 Å². The van der Waals surface area contributed by atoms with Crippen molar-refractivity contribution in [1.82, 2.24) is 14.1 Å². The molecule has 0 amide bonds. The first-order chi connectivity index (χ1) is 5.64. The van der Waals surface area contributed by atoms with Gasteiger partial charge < -0.3 is 0 Å². The Bertz CT molecular complexity index is 337. The molecular weight excluding hydrogens is 198 g/mol. The van der Waals surface area contributed by atoms with Gasteiger partial charge in [-0.2, -0.15) is 4.13 Å². The average Bonchev–Trinajstić information content (AvgIpc) is 2.06. The Morgan fingerprint density at radius 2 is 2.25 bits per heavy atom. The summed E-state index contributed by atoms with van der Waals surface area (Å²) in [5, 5.41) is 0. The van der Waals surface area contributed by atoms with Gasteiger partial charge in [0, 0.05) is 18.6 Å². The third kappa shape index (κ3) is 2.76. The van der Waals surface area contributed by atoms with E-state index in [1.165, 1.54) is 18.6 Å². The summed E-state index contributed by atoms with van der Waals surface area (Å²) in [5.41, 5.74) is 0.388. The highest BCUT2D eigenvalue weighted by Crippen LogP contribution is 1.98. The largest absolute Gasteiger partial charge is 0.261 e. The van der Waals surface area contributed by atoms with E-state index in [4.69, 9.17) is 0 Å². The van der Waals surface area contributed by atoms with Crippen LogP contribution in [0.1, 0.15) is 5.69 Å². The van der Waals surface area contributed by atoms with Crippen molar-refractivity contribution in [1.29, 1.82) is 0 Å². The molecule has 0 saturated heterocycles. The van der Waals surface area contributed by atoms with Gasteiger partial charge in [-0.15, -0.1) is 0 Å². The molecule has 0 radical (unpaired) electrons. The highest BCUT2D eigenvalue weighted by molar-refractivity contribution is 7.99. The lowest BCUT2D eigenvalue weighted by Crippen LogP contribution is -2.16. The predicted octanol–water partition coefficient (Wildman–Crippen LogP) is -0.259. The highest BCUT2D eigenvalue weighted by atomic mass is 32.3. The second-order valence-electron chi connectivity index (χ2n) is 2.05. The highest BCUT2D eigenvalue weighted by Gasteiger charge is 2.09. The van der Waals surface area contributed by atoms with Crippen molar-refractivity contribution >= 4 is 22.8 Å². The lowest BCUT2D eigenvalue weighted by atomic mass is 10.5. The van der Waals surface area contributed by atoms with E-state index < -0.39 is 10.0 Å². The van der Waals surface area contributed by atoms with Gasteiger partial charge in [0.15, 0.2) is 0 Å². The Labute approximate surface area is 75.8 Å². The van der Waals surface area contributed by atoms with E-state index in [1.807, 2.05) is 4.13 Å². The molecule has 0 bridgehead atoms. The first-order valence-electron chi connectivity index (χ1n) is 3.02. The Kier molecular flexibility index (Phi) is 3.01. The molecule has 0 aliphatic heterocycles. The maximum Gasteiger partial charge on any atom is 0.226 e. The van der Waals surface area contributed by atoms with Gasteiger partial charge in [-0.25, -0.2) is 8.42 Å². The molecular formula is C5H7N3O2S2. The van der Waals surface area contributed by atoms with Gasteiger partial charge in [0.1, 0.15) is 5.75 Å². The molecule has 1 rings (SSSR count). The molecule has 12 heavy (non-hydrogen) atoms. The first-order valence-corrected chi connectivity index (χ1v) is 5.12. The maximum absolute atomic E-state index is 10.9. The lowest BCUT2D eigenvalue weighted by molar-refractivity contribution is 0.593. The van der Waals surface area contributed by atoms with Gasteiger partial charge in [-0.1, -0.05) is 12.8 Å². The smallest absolute Gasteiger partial charge is 0.226 e. The van der Waals surface area contributed by atoms with E-state index in [1.54, 1.807) is 0 Å². The normalized spacial score (nSPS) is 11.4. The zero-order chi connectivity index (χ0) is 9.03. The van der Waals surface area contributed by atoms with Crippen LogP contribution in [0.15, 0.2) is 18.6 Å². The minimum atomic E-state index is -3.36. The molecule has 1 aromatic heterocycles. The molecule has 1 aromatic rings. The van der Waals surface area contributed by atoms with E-state index in [0.717, 1.165) is 0 Å². The summed E-state index contributed by atoms with van der Waals surface area (Å²) in [4.78, 5) is 7.52. The van der Waals surface area contributed by atoms with Gasteiger partial charge in [0.05, 0.1) is 5.69 Å². The van der Waals surface area contributed by atoms with Crippen molar-refractivity contribution in [3.05, 3.63) is 24.3 Å². The van der Waals surface area contributed by atoms with E-state index in [0.29, 0.717) is 5.69 Å². The first kappa shape index (κ1) is 9.43. The number of hydrogen-bond acceptors (Lipinski definition) is 5. The van der Waals surface area contributed by atoms with Gasteiger partial charge in [0.25, 0.3) is 0 Å². The van der Waals surface area contributed by atoms with Crippen LogP contribution in [-0.4, -0.2) is 18.4 Å². The summed E-state index contributed by atoms with van der Waals surface area (Å²) in [5.74, 6) is -0.204. The molecule has 7 heteroatoms.